The third-order valence-electron chi connectivity index (χ3n) is 5.74. The van der Waals surface area contributed by atoms with Crippen molar-refractivity contribution in [3.05, 3.63) is 64.7 Å². The van der Waals surface area contributed by atoms with Crippen LogP contribution in [0.5, 0.6) is 0 Å². The van der Waals surface area contributed by atoms with E-state index in [2.05, 4.69) is 57.9 Å². The molecule has 0 radical (unpaired) electrons. The number of hydrogen-bond acceptors (Lipinski definition) is 7. The highest BCUT2D eigenvalue weighted by molar-refractivity contribution is 7.15. The monoisotopic (exact) mass is 448 g/mol. The number of para-hydroxylation sites is 2. The summed E-state index contributed by atoms with van der Waals surface area (Å²) in [5, 5.41) is 4.30. The highest BCUT2D eigenvalue weighted by Crippen LogP contribution is 2.28. The first kappa shape index (κ1) is 21.1. The molecular formula is C24H28N6OS. The summed E-state index contributed by atoms with van der Waals surface area (Å²) < 4.78 is 8.45. The van der Waals surface area contributed by atoms with E-state index < -0.39 is 0 Å². The third kappa shape index (κ3) is 4.39. The highest BCUT2D eigenvalue weighted by Gasteiger charge is 2.25. The van der Waals surface area contributed by atoms with Gasteiger partial charge in [-0.2, -0.15) is 0 Å². The molecule has 32 heavy (non-hydrogen) atoms. The summed E-state index contributed by atoms with van der Waals surface area (Å²) in [7, 11) is 0. The molecule has 4 heterocycles. The lowest BCUT2D eigenvalue weighted by Crippen LogP contribution is -2.38. The van der Waals surface area contributed by atoms with Gasteiger partial charge in [-0.15, -0.1) is 11.3 Å². The zero-order valence-corrected chi connectivity index (χ0v) is 19.5. The van der Waals surface area contributed by atoms with Crippen LogP contribution in [0.4, 0.5) is 10.8 Å². The molecule has 0 amide bonds. The quantitative estimate of drug-likeness (QED) is 0.455. The number of hydrogen-bond donors (Lipinski definition) is 1. The Morgan fingerprint density at radius 1 is 1.19 bits per heavy atom. The number of anilines is 2. The largest absolute Gasteiger partial charge is 0.369 e. The van der Waals surface area contributed by atoms with Gasteiger partial charge in [0.25, 0.3) is 0 Å². The maximum absolute atomic E-state index is 6.14. The van der Waals surface area contributed by atoms with Gasteiger partial charge in [-0.25, -0.2) is 9.97 Å². The van der Waals surface area contributed by atoms with Crippen LogP contribution in [0.1, 0.15) is 35.1 Å². The number of nitrogens with one attached hydrogen (secondary N) is 1. The van der Waals surface area contributed by atoms with E-state index in [-0.39, 0.29) is 6.10 Å². The number of thiazole rings is 1. The number of fused-ring (bicyclic) bond motifs is 1. The van der Waals surface area contributed by atoms with Gasteiger partial charge in [0.2, 0.25) is 0 Å². The van der Waals surface area contributed by atoms with Crippen LogP contribution in [0.15, 0.2) is 42.6 Å². The van der Waals surface area contributed by atoms with Gasteiger partial charge in [0, 0.05) is 42.1 Å². The van der Waals surface area contributed by atoms with Crippen LogP contribution >= 0.6 is 11.3 Å². The lowest BCUT2D eigenvalue weighted by molar-refractivity contribution is -0.0359. The molecule has 5 rings (SSSR count). The SMILES string of the molecule is CCn1c(CN2CCO[C@@H](c3cc(Nc4ncc(C)s4)cc(C)n3)C2)nc2ccccc21. The van der Waals surface area contributed by atoms with Crippen molar-refractivity contribution in [1.82, 2.24) is 24.4 Å². The van der Waals surface area contributed by atoms with Gasteiger partial charge >= 0.3 is 0 Å². The van der Waals surface area contributed by atoms with Crippen LogP contribution in [0, 0.1) is 13.8 Å². The first-order valence-corrected chi connectivity index (χ1v) is 11.9. The molecule has 1 aromatic carbocycles. The fraction of sp³-hybridized carbons (Fsp3) is 0.375. The second-order valence-corrected chi connectivity index (χ2v) is 9.41. The predicted molar refractivity (Wildman–Crippen MR) is 128 cm³/mol. The number of ether oxygens (including phenoxy) is 1. The minimum Gasteiger partial charge on any atom is -0.369 e. The highest BCUT2D eigenvalue weighted by atomic mass is 32.1. The van der Waals surface area contributed by atoms with Crippen molar-refractivity contribution in [3.8, 4) is 0 Å². The normalized spacial score (nSPS) is 17.2. The molecular weight excluding hydrogens is 420 g/mol. The molecule has 0 unspecified atom stereocenters. The maximum Gasteiger partial charge on any atom is 0.187 e. The average Bonchev–Trinajstić information content (AvgIpc) is 3.35. The standard InChI is InChI=1S/C24H28N6OS/c1-4-30-21-8-6-5-7-19(21)28-23(30)15-29-9-10-31-22(14-29)20-12-18(11-16(2)26-20)27-24-25-13-17(3)32-24/h5-8,11-13,22H,4,9-10,14-15H2,1-3H3,(H,25,26,27)/t22-/m1/s1. The Morgan fingerprint density at radius 3 is 2.88 bits per heavy atom. The number of aryl methyl sites for hydroxylation is 3. The molecule has 1 fully saturated rings. The second kappa shape index (κ2) is 8.97. The molecule has 0 spiro atoms. The number of benzene rings is 1. The van der Waals surface area contributed by atoms with E-state index >= 15 is 0 Å². The van der Waals surface area contributed by atoms with Crippen LogP contribution in [0.3, 0.4) is 0 Å². The second-order valence-electron chi connectivity index (χ2n) is 8.18. The molecule has 166 valence electrons. The van der Waals surface area contributed by atoms with E-state index in [4.69, 9.17) is 14.7 Å². The number of pyridine rings is 1. The van der Waals surface area contributed by atoms with E-state index in [9.17, 15) is 0 Å². The van der Waals surface area contributed by atoms with E-state index in [1.54, 1.807) is 11.3 Å². The maximum atomic E-state index is 6.14. The summed E-state index contributed by atoms with van der Waals surface area (Å²) in [6, 6.07) is 12.5. The summed E-state index contributed by atoms with van der Waals surface area (Å²) in [6.07, 6.45) is 1.81. The average molecular weight is 449 g/mol. The Morgan fingerprint density at radius 2 is 2.06 bits per heavy atom. The molecule has 8 heteroatoms. The van der Waals surface area contributed by atoms with Crippen LogP contribution in [0.2, 0.25) is 0 Å². The van der Waals surface area contributed by atoms with Crippen molar-refractivity contribution in [2.45, 2.75) is 40.0 Å². The lowest BCUT2D eigenvalue weighted by atomic mass is 10.1. The van der Waals surface area contributed by atoms with Gasteiger partial charge in [0.05, 0.1) is 29.9 Å². The number of nitrogens with zero attached hydrogens (tertiary/aromatic N) is 5. The predicted octanol–water partition coefficient (Wildman–Crippen LogP) is 4.84. The Balaban J connectivity index is 1.34. The topological polar surface area (TPSA) is 68.1 Å². The van der Waals surface area contributed by atoms with Crippen molar-refractivity contribution < 1.29 is 4.74 Å². The molecule has 4 aromatic rings. The zero-order chi connectivity index (χ0) is 22.1. The van der Waals surface area contributed by atoms with Crippen LogP contribution in [-0.4, -0.2) is 44.1 Å². The zero-order valence-electron chi connectivity index (χ0n) is 18.7. The fourth-order valence-corrected chi connectivity index (χ4v) is 4.98. The van der Waals surface area contributed by atoms with Gasteiger partial charge in [-0.3, -0.25) is 9.88 Å². The first-order valence-electron chi connectivity index (χ1n) is 11.0. The molecule has 1 aliphatic rings. The van der Waals surface area contributed by atoms with Gasteiger partial charge in [-0.1, -0.05) is 12.1 Å². The van der Waals surface area contributed by atoms with Crippen molar-refractivity contribution >= 4 is 33.2 Å². The molecule has 1 N–H and O–H groups in total. The van der Waals surface area contributed by atoms with Gasteiger partial charge in [-0.05, 0) is 45.0 Å². The van der Waals surface area contributed by atoms with Crippen molar-refractivity contribution in [1.29, 1.82) is 0 Å². The van der Waals surface area contributed by atoms with E-state index in [1.165, 1.54) is 10.4 Å². The van der Waals surface area contributed by atoms with E-state index in [0.717, 1.165) is 59.7 Å². The van der Waals surface area contributed by atoms with Gasteiger partial charge < -0.3 is 14.6 Å². The molecule has 0 aliphatic carbocycles. The number of rotatable bonds is 6. The summed E-state index contributed by atoms with van der Waals surface area (Å²) in [5.41, 5.74) is 5.17. The molecule has 1 atom stereocenters. The molecule has 0 bridgehead atoms. The van der Waals surface area contributed by atoms with Gasteiger partial charge in [0.15, 0.2) is 5.13 Å². The van der Waals surface area contributed by atoms with E-state index in [1.807, 2.05) is 25.3 Å². The fourth-order valence-electron chi connectivity index (χ4n) is 4.29. The summed E-state index contributed by atoms with van der Waals surface area (Å²) in [5.74, 6) is 1.10. The van der Waals surface area contributed by atoms with Crippen LogP contribution in [-0.2, 0) is 17.8 Å². The molecule has 0 saturated carbocycles. The number of aromatic nitrogens is 4. The summed E-state index contributed by atoms with van der Waals surface area (Å²) in [6.45, 7) is 10.3. The smallest absolute Gasteiger partial charge is 0.187 e. The molecule has 1 aliphatic heterocycles. The molecule has 1 saturated heterocycles. The number of morpholine rings is 1. The van der Waals surface area contributed by atoms with E-state index in [0.29, 0.717) is 6.61 Å². The Hall–Kier alpha value is -2.81. The molecule has 3 aromatic heterocycles. The Bertz CT molecular complexity index is 1230. The van der Waals surface area contributed by atoms with Crippen molar-refractivity contribution in [2.24, 2.45) is 0 Å². The lowest BCUT2D eigenvalue weighted by Gasteiger charge is -2.32. The minimum atomic E-state index is -0.0679. The summed E-state index contributed by atoms with van der Waals surface area (Å²) >= 11 is 1.65. The van der Waals surface area contributed by atoms with Gasteiger partial charge in [0.1, 0.15) is 11.9 Å². The first-order chi connectivity index (χ1) is 15.6. The Kier molecular flexibility index (Phi) is 5.91. The van der Waals surface area contributed by atoms with Crippen molar-refractivity contribution in [3.63, 3.8) is 0 Å². The Labute approximate surface area is 192 Å². The van der Waals surface area contributed by atoms with Crippen LogP contribution in [0.25, 0.3) is 11.0 Å². The molecule has 7 nitrogen and oxygen atoms in total. The summed E-state index contributed by atoms with van der Waals surface area (Å²) in [4.78, 5) is 17.7. The third-order valence-corrected chi connectivity index (χ3v) is 6.57. The minimum absolute atomic E-state index is 0.0679. The number of imidazole rings is 1. The van der Waals surface area contributed by atoms with Crippen LogP contribution < -0.4 is 5.32 Å². The van der Waals surface area contributed by atoms with Crippen molar-refractivity contribution in [2.75, 3.05) is 25.0 Å².